The number of carbonyl (C=O) groups is 1. The predicted octanol–water partition coefficient (Wildman–Crippen LogP) is 0.477. The first-order valence-electron chi connectivity index (χ1n) is 5.28. The third-order valence-electron chi connectivity index (χ3n) is 2.39. The van der Waals surface area contributed by atoms with Crippen LogP contribution in [0.2, 0.25) is 0 Å². The lowest BCUT2D eigenvalue weighted by Gasteiger charge is -2.19. The fourth-order valence-corrected chi connectivity index (χ4v) is 1.71. The van der Waals surface area contributed by atoms with Crippen molar-refractivity contribution in [1.82, 2.24) is 10.2 Å². The van der Waals surface area contributed by atoms with Gasteiger partial charge < -0.3 is 15.0 Å². The van der Waals surface area contributed by atoms with Gasteiger partial charge in [0.25, 0.3) is 0 Å². The van der Waals surface area contributed by atoms with E-state index in [2.05, 4.69) is 10.1 Å². The van der Waals surface area contributed by atoms with E-state index in [4.69, 9.17) is 0 Å². The lowest BCUT2D eigenvalue weighted by molar-refractivity contribution is -0.159. The number of cyclic esters (lactones) is 1. The molecule has 0 aromatic rings. The van der Waals surface area contributed by atoms with Crippen molar-refractivity contribution in [2.45, 2.75) is 31.4 Å². The molecule has 94 valence electrons. The molecule has 6 heteroatoms. The largest absolute Gasteiger partial charge is 0.456 e. The maximum absolute atomic E-state index is 12.8. The zero-order valence-electron chi connectivity index (χ0n) is 9.80. The molecule has 1 aliphatic rings. The standard InChI is InChI=1S/C10H18F2N2O2/c1-7(6-14(2)3)13-5-8-4-10(11,12)9(15)16-8/h7-8,13H,4-6H2,1-3H3. The van der Waals surface area contributed by atoms with Crippen LogP contribution in [0.3, 0.4) is 0 Å². The maximum atomic E-state index is 12.8. The second-order valence-electron chi connectivity index (χ2n) is 4.51. The van der Waals surface area contributed by atoms with Crippen molar-refractivity contribution >= 4 is 5.97 Å². The van der Waals surface area contributed by atoms with Crippen LogP contribution in [-0.4, -0.2) is 56.1 Å². The van der Waals surface area contributed by atoms with Gasteiger partial charge in [-0.3, -0.25) is 0 Å². The summed E-state index contributed by atoms with van der Waals surface area (Å²) in [6.07, 6.45) is -1.24. The number of likely N-dealkylation sites (N-methyl/N-ethyl adjacent to an activating group) is 1. The minimum absolute atomic E-state index is 0.169. The van der Waals surface area contributed by atoms with Crippen LogP contribution in [0.1, 0.15) is 13.3 Å². The maximum Gasteiger partial charge on any atom is 0.377 e. The van der Waals surface area contributed by atoms with E-state index >= 15 is 0 Å². The van der Waals surface area contributed by atoms with Crippen LogP contribution in [0.5, 0.6) is 0 Å². The summed E-state index contributed by atoms with van der Waals surface area (Å²) in [6.45, 7) is 3.03. The molecule has 2 unspecified atom stereocenters. The fourth-order valence-electron chi connectivity index (χ4n) is 1.71. The minimum atomic E-state index is -3.31. The van der Waals surface area contributed by atoms with E-state index in [-0.39, 0.29) is 12.6 Å². The van der Waals surface area contributed by atoms with Crippen LogP contribution in [0.25, 0.3) is 0 Å². The number of esters is 1. The van der Waals surface area contributed by atoms with E-state index in [1.807, 2.05) is 25.9 Å². The molecule has 1 N–H and O–H groups in total. The quantitative estimate of drug-likeness (QED) is 0.705. The van der Waals surface area contributed by atoms with Crippen molar-refractivity contribution in [3.8, 4) is 0 Å². The normalized spacial score (nSPS) is 25.9. The summed E-state index contributed by atoms with van der Waals surface area (Å²) in [5, 5.41) is 3.06. The number of hydrogen-bond acceptors (Lipinski definition) is 4. The Morgan fingerprint density at radius 2 is 2.25 bits per heavy atom. The van der Waals surface area contributed by atoms with Crippen LogP contribution < -0.4 is 5.32 Å². The Kier molecular flexibility index (Phi) is 4.21. The van der Waals surface area contributed by atoms with E-state index in [9.17, 15) is 13.6 Å². The summed E-state index contributed by atoms with van der Waals surface area (Å²) in [4.78, 5) is 12.7. The van der Waals surface area contributed by atoms with Gasteiger partial charge in [0.15, 0.2) is 0 Å². The summed E-state index contributed by atoms with van der Waals surface area (Å²) < 4.78 is 30.2. The van der Waals surface area contributed by atoms with Crippen LogP contribution in [0.15, 0.2) is 0 Å². The molecular weight excluding hydrogens is 218 g/mol. The molecule has 0 radical (unpaired) electrons. The van der Waals surface area contributed by atoms with Gasteiger partial charge in [-0.05, 0) is 21.0 Å². The average molecular weight is 236 g/mol. The summed E-state index contributed by atoms with van der Waals surface area (Å²) in [7, 11) is 3.86. The number of nitrogens with one attached hydrogen (secondary N) is 1. The van der Waals surface area contributed by atoms with Gasteiger partial charge in [-0.1, -0.05) is 0 Å². The Bertz CT molecular complexity index is 259. The van der Waals surface area contributed by atoms with Crippen molar-refractivity contribution < 1.29 is 18.3 Å². The number of halogens is 2. The molecule has 0 saturated carbocycles. The van der Waals surface area contributed by atoms with E-state index in [1.54, 1.807) is 0 Å². The molecule has 1 saturated heterocycles. The number of rotatable bonds is 5. The van der Waals surface area contributed by atoms with Crippen molar-refractivity contribution in [1.29, 1.82) is 0 Å². The van der Waals surface area contributed by atoms with Crippen molar-refractivity contribution in [3.05, 3.63) is 0 Å². The SMILES string of the molecule is CC(CN(C)C)NCC1CC(F)(F)C(=O)O1. The molecule has 1 rings (SSSR count). The first kappa shape index (κ1) is 13.3. The Labute approximate surface area is 93.9 Å². The van der Waals surface area contributed by atoms with E-state index in [0.717, 1.165) is 6.54 Å². The highest BCUT2D eigenvalue weighted by Crippen LogP contribution is 2.30. The van der Waals surface area contributed by atoms with E-state index in [1.165, 1.54) is 0 Å². The Balaban J connectivity index is 2.27. The first-order chi connectivity index (χ1) is 7.31. The van der Waals surface area contributed by atoms with Crippen LogP contribution in [-0.2, 0) is 9.53 Å². The number of ether oxygens (including phenoxy) is 1. The van der Waals surface area contributed by atoms with Gasteiger partial charge in [-0.25, -0.2) is 4.79 Å². The highest BCUT2D eigenvalue weighted by atomic mass is 19.3. The second-order valence-corrected chi connectivity index (χ2v) is 4.51. The molecule has 1 aliphatic heterocycles. The van der Waals surface area contributed by atoms with Gasteiger partial charge in [-0.2, -0.15) is 8.78 Å². The summed E-state index contributed by atoms with van der Waals surface area (Å²) in [5.74, 6) is -4.71. The van der Waals surface area contributed by atoms with Gasteiger partial charge in [0.05, 0.1) is 6.42 Å². The molecule has 0 aromatic carbocycles. The van der Waals surface area contributed by atoms with Gasteiger partial charge in [-0.15, -0.1) is 0 Å². The number of alkyl halides is 2. The van der Waals surface area contributed by atoms with Gasteiger partial charge in [0.1, 0.15) is 6.10 Å². The molecule has 0 aliphatic carbocycles. The molecule has 4 nitrogen and oxygen atoms in total. The third-order valence-corrected chi connectivity index (χ3v) is 2.39. The summed E-state index contributed by atoms with van der Waals surface area (Å²) in [5.41, 5.74) is 0. The Hall–Kier alpha value is -0.750. The molecule has 0 aromatic heterocycles. The molecule has 1 heterocycles. The average Bonchev–Trinajstić information content (AvgIpc) is 2.36. The second kappa shape index (κ2) is 5.05. The highest BCUT2D eigenvalue weighted by Gasteiger charge is 2.50. The fraction of sp³-hybridized carbons (Fsp3) is 0.900. The molecule has 1 fully saturated rings. The molecule has 2 atom stereocenters. The zero-order valence-corrected chi connectivity index (χ0v) is 9.80. The Morgan fingerprint density at radius 3 is 2.69 bits per heavy atom. The van der Waals surface area contributed by atoms with E-state index in [0.29, 0.717) is 0 Å². The van der Waals surface area contributed by atoms with Crippen LogP contribution >= 0.6 is 0 Å². The lowest BCUT2D eigenvalue weighted by Crippen LogP contribution is -2.39. The predicted molar refractivity (Wildman–Crippen MR) is 55.5 cm³/mol. The van der Waals surface area contributed by atoms with Crippen LogP contribution in [0, 0.1) is 0 Å². The monoisotopic (exact) mass is 236 g/mol. The third kappa shape index (κ3) is 3.68. The van der Waals surface area contributed by atoms with Crippen molar-refractivity contribution in [2.75, 3.05) is 27.2 Å². The topological polar surface area (TPSA) is 41.6 Å². The number of nitrogens with zero attached hydrogens (tertiary/aromatic N) is 1. The molecule has 16 heavy (non-hydrogen) atoms. The molecule has 0 bridgehead atoms. The van der Waals surface area contributed by atoms with Gasteiger partial charge >= 0.3 is 11.9 Å². The smallest absolute Gasteiger partial charge is 0.377 e. The molecule has 0 amide bonds. The lowest BCUT2D eigenvalue weighted by atomic mass is 10.2. The molecule has 0 spiro atoms. The number of carbonyl (C=O) groups excluding carboxylic acids is 1. The summed E-state index contributed by atoms with van der Waals surface area (Å²) >= 11 is 0. The minimum Gasteiger partial charge on any atom is -0.456 e. The van der Waals surface area contributed by atoms with Gasteiger partial charge in [0.2, 0.25) is 0 Å². The summed E-state index contributed by atoms with van der Waals surface area (Å²) in [6, 6.07) is 0.169. The first-order valence-corrected chi connectivity index (χ1v) is 5.28. The van der Waals surface area contributed by atoms with Gasteiger partial charge in [0, 0.05) is 19.1 Å². The molecular formula is C10H18F2N2O2. The van der Waals surface area contributed by atoms with E-state index < -0.39 is 24.4 Å². The van der Waals surface area contributed by atoms with Crippen LogP contribution in [0.4, 0.5) is 8.78 Å². The number of hydrogen-bond donors (Lipinski definition) is 1. The Morgan fingerprint density at radius 1 is 1.62 bits per heavy atom. The highest BCUT2D eigenvalue weighted by molar-refractivity contribution is 5.79. The zero-order chi connectivity index (χ0) is 12.3. The van der Waals surface area contributed by atoms with Crippen molar-refractivity contribution in [2.24, 2.45) is 0 Å². The van der Waals surface area contributed by atoms with Crippen molar-refractivity contribution in [3.63, 3.8) is 0 Å².